The van der Waals surface area contributed by atoms with E-state index in [4.69, 9.17) is 14.0 Å². The van der Waals surface area contributed by atoms with Gasteiger partial charge in [-0.05, 0) is 59.0 Å². The highest BCUT2D eigenvalue weighted by molar-refractivity contribution is 9.10. The smallest absolute Gasteiger partial charge is 0.311 e. The van der Waals surface area contributed by atoms with Crippen LogP contribution in [-0.2, 0) is 9.98 Å². The Morgan fingerprint density at radius 3 is 2.19 bits per heavy atom. The number of hydrogen-bond donors (Lipinski definition) is 0. The van der Waals surface area contributed by atoms with Crippen LogP contribution in [0.2, 0.25) is 0 Å². The van der Waals surface area contributed by atoms with Crippen LogP contribution in [0.1, 0.15) is 26.3 Å². The van der Waals surface area contributed by atoms with E-state index in [2.05, 4.69) is 77.7 Å². The Kier molecular flexibility index (Phi) is 6.50. The van der Waals surface area contributed by atoms with Gasteiger partial charge in [0.15, 0.2) is 0 Å². The molecule has 1 aliphatic rings. The third kappa shape index (κ3) is 4.22. The summed E-state index contributed by atoms with van der Waals surface area (Å²) in [5.74, 6) is 1.66. The van der Waals surface area contributed by atoms with Crippen molar-refractivity contribution in [2.75, 3.05) is 14.2 Å². The van der Waals surface area contributed by atoms with Gasteiger partial charge < -0.3 is 18.6 Å². The number of benzene rings is 5. The molecule has 1 aromatic heterocycles. The molecule has 0 radical (unpaired) electrons. The monoisotopic (exact) mass is 651 g/mol. The van der Waals surface area contributed by atoms with Crippen molar-refractivity contribution in [3.63, 3.8) is 0 Å². The maximum absolute atomic E-state index is 15.3. The van der Waals surface area contributed by atoms with Gasteiger partial charge in [0.1, 0.15) is 22.8 Å². The van der Waals surface area contributed by atoms with Crippen LogP contribution < -0.4 is 24.6 Å². The lowest BCUT2D eigenvalue weighted by molar-refractivity contribution is 0.411. The van der Waals surface area contributed by atoms with Gasteiger partial charge in [-0.25, -0.2) is 0 Å². The maximum Gasteiger partial charge on any atom is 0.311 e. The second-order valence-corrected chi connectivity index (χ2v) is 15.0. The molecule has 5 nitrogen and oxygen atoms in total. The molecule has 216 valence electrons. The van der Waals surface area contributed by atoms with E-state index in [1.54, 1.807) is 14.2 Å². The molecular formula is C36H31BrNO4P. The molecule has 2 heterocycles. The summed E-state index contributed by atoms with van der Waals surface area (Å²) in [7, 11) is -0.420. The maximum atomic E-state index is 15.3. The van der Waals surface area contributed by atoms with Crippen molar-refractivity contribution in [1.29, 1.82) is 0 Å². The Balaban J connectivity index is 1.58. The summed E-state index contributed by atoms with van der Waals surface area (Å²) in [5.41, 5.74) is 5.87. The number of hydrogen-bond acceptors (Lipinski definition) is 4. The lowest BCUT2D eigenvalue weighted by atomic mass is 9.87. The average Bonchev–Trinajstić information content (AvgIpc) is 3.34. The zero-order valence-electron chi connectivity index (χ0n) is 24.6. The lowest BCUT2D eigenvalue weighted by Gasteiger charge is -2.30. The van der Waals surface area contributed by atoms with Gasteiger partial charge in [-0.15, -0.1) is 0 Å². The van der Waals surface area contributed by atoms with Crippen LogP contribution in [-0.4, -0.2) is 18.8 Å². The minimum atomic E-state index is -3.69. The first-order chi connectivity index (χ1) is 20.7. The molecule has 1 aliphatic heterocycles. The summed E-state index contributed by atoms with van der Waals surface area (Å²) in [6.07, 6.45) is 0. The van der Waals surface area contributed by atoms with Crippen molar-refractivity contribution in [3.8, 4) is 34.1 Å². The number of rotatable bonds is 4. The highest BCUT2D eigenvalue weighted by atomic mass is 79.9. The van der Waals surface area contributed by atoms with Crippen LogP contribution in [0.25, 0.3) is 38.6 Å². The summed E-state index contributed by atoms with van der Waals surface area (Å²) >= 11 is 3.68. The van der Waals surface area contributed by atoms with Gasteiger partial charge in [0.2, 0.25) is 0 Å². The Hall–Kier alpha value is -3.99. The molecule has 6 aromatic rings. The van der Waals surface area contributed by atoms with Gasteiger partial charge in [0.25, 0.3) is 0 Å². The van der Waals surface area contributed by atoms with Crippen molar-refractivity contribution in [3.05, 3.63) is 107 Å². The second-order valence-electron chi connectivity index (χ2n) is 11.8. The minimum Gasteiger partial charge on any atom is -0.495 e. The van der Waals surface area contributed by atoms with E-state index in [9.17, 15) is 0 Å². The number of nitrogens with zero attached hydrogens (tertiary/aromatic N) is 1. The molecule has 0 saturated heterocycles. The Morgan fingerprint density at radius 2 is 1.49 bits per heavy atom. The van der Waals surface area contributed by atoms with Crippen LogP contribution in [0.15, 0.2) is 102 Å². The van der Waals surface area contributed by atoms with E-state index in [0.717, 1.165) is 43.1 Å². The number of aromatic nitrogens is 1. The fourth-order valence-corrected chi connectivity index (χ4v) is 8.97. The van der Waals surface area contributed by atoms with Crippen molar-refractivity contribution in [2.45, 2.75) is 26.2 Å². The molecule has 43 heavy (non-hydrogen) atoms. The third-order valence-electron chi connectivity index (χ3n) is 8.25. The first kappa shape index (κ1) is 27.8. The Labute approximate surface area is 259 Å². The molecule has 7 rings (SSSR count). The molecule has 0 N–H and O–H groups in total. The third-order valence-corrected chi connectivity index (χ3v) is 11.2. The zero-order chi connectivity index (χ0) is 30.1. The topological polar surface area (TPSA) is 49.7 Å². The highest BCUT2D eigenvalue weighted by Crippen LogP contribution is 2.57. The van der Waals surface area contributed by atoms with E-state index in [1.165, 1.54) is 5.56 Å². The van der Waals surface area contributed by atoms with Crippen LogP contribution in [0, 0.1) is 0 Å². The fraction of sp³-hybridized carbons (Fsp3) is 0.167. The normalized spacial score (nSPS) is 16.0. The van der Waals surface area contributed by atoms with Gasteiger partial charge >= 0.3 is 7.37 Å². The number of ether oxygens (including phenoxy) is 2. The van der Waals surface area contributed by atoms with E-state index in [1.807, 2.05) is 60.7 Å². The molecule has 0 saturated carbocycles. The first-order valence-corrected chi connectivity index (χ1v) is 16.6. The van der Waals surface area contributed by atoms with Gasteiger partial charge in [-0.2, -0.15) is 0 Å². The first-order valence-electron chi connectivity index (χ1n) is 14.1. The SMILES string of the molecule is COc1c(P2(=O)Oc3ccccc3-c3ccccc32)cc(OC)c2c1c1cc(Br)ccc1n2-c1ccc(C(C)(C)C)cc1. The molecule has 0 amide bonds. The molecule has 1 atom stereocenters. The van der Waals surface area contributed by atoms with Crippen LogP contribution in [0.3, 0.4) is 0 Å². The zero-order valence-corrected chi connectivity index (χ0v) is 27.1. The van der Waals surface area contributed by atoms with E-state index in [-0.39, 0.29) is 5.41 Å². The molecule has 0 spiro atoms. The average molecular weight is 653 g/mol. The number of methoxy groups -OCH3 is 2. The van der Waals surface area contributed by atoms with E-state index in [0.29, 0.717) is 27.9 Å². The summed E-state index contributed by atoms with van der Waals surface area (Å²) in [5, 5.41) is 2.85. The van der Waals surface area contributed by atoms with Crippen molar-refractivity contribution in [1.82, 2.24) is 4.57 Å². The van der Waals surface area contributed by atoms with Gasteiger partial charge in [0, 0.05) is 27.2 Å². The van der Waals surface area contributed by atoms with Gasteiger partial charge in [0.05, 0.1) is 35.7 Å². The molecule has 0 bridgehead atoms. The van der Waals surface area contributed by atoms with Gasteiger partial charge in [-0.1, -0.05) is 85.2 Å². The predicted molar refractivity (Wildman–Crippen MR) is 180 cm³/mol. The Morgan fingerprint density at radius 1 is 0.791 bits per heavy atom. The Bertz CT molecular complexity index is 2110. The molecule has 1 unspecified atom stereocenters. The summed E-state index contributed by atoms with van der Waals surface area (Å²) in [6, 6.07) is 32.1. The number of halogens is 1. The van der Waals surface area contributed by atoms with Crippen molar-refractivity contribution < 1.29 is 18.6 Å². The fourth-order valence-electron chi connectivity index (χ4n) is 6.17. The lowest BCUT2D eigenvalue weighted by Crippen LogP contribution is -2.26. The summed E-state index contributed by atoms with van der Waals surface area (Å²) in [4.78, 5) is 0. The summed E-state index contributed by atoms with van der Waals surface area (Å²) in [6.45, 7) is 6.63. The largest absolute Gasteiger partial charge is 0.495 e. The summed E-state index contributed by atoms with van der Waals surface area (Å²) < 4.78 is 37.3. The van der Waals surface area contributed by atoms with E-state index >= 15 is 4.57 Å². The molecule has 7 heteroatoms. The van der Waals surface area contributed by atoms with Crippen molar-refractivity contribution in [2.24, 2.45) is 0 Å². The van der Waals surface area contributed by atoms with Crippen LogP contribution in [0.5, 0.6) is 17.2 Å². The number of fused-ring (bicyclic) bond motifs is 6. The van der Waals surface area contributed by atoms with Crippen LogP contribution >= 0.6 is 23.3 Å². The molecule has 5 aromatic carbocycles. The highest BCUT2D eigenvalue weighted by Gasteiger charge is 2.42. The minimum absolute atomic E-state index is 0.0289. The van der Waals surface area contributed by atoms with Crippen LogP contribution in [0.4, 0.5) is 0 Å². The number of para-hydroxylation sites is 1. The quantitative estimate of drug-likeness (QED) is 0.178. The van der Waals surface area contributed by atoms with E-state index < -0.39 is 7.37 Å². The van der Waals surface area contributed by atoms with Gasteiger partial charge in [-0.3, -0.25) is 4.57 Å². The standard InChI is InChI=1S/C36H31BrNO4P/c1-36(2,3)22-14-17-24(18-15-22)38-28-19-16-23(37)20-27(28)33-34(38)30(40-4)21-32(35(33)41-5)43(39)31-13-9-7-11-26(31)25-10-6-8-12-29(25)42-43/h6-21H,1-5H3. The second kappa shape index (κ2) is 10.0. The molecule has 0 fully saturated rings. The molecular weight excluding hydrogens is 621 g/mol. The predicted octanol–water partition coefficient (Wildman–Crippen LogP) is 9.15. The molecule has 0 aliphatic carbocycles. The van der Waals surface area contributed by atoms with Crippen molar-refractivity contribution >= 4 is 55.7 Å².